The van der Waals surface area contributed by atoms with Gasteiger partial charge in [-0.1, -0.05) is 13.0 Å². The molecule has 0 aliphatic heterocycles. The van der Waals surface area contributed by atoms with Crippen LogP contribution in [0, 0.1) is 0 Å². The van der Waals surface area contributed by atoms with E-state index in [0.29, 0.717) is 25.2 Å². The van der Waals surface area contributed by atoms with Gasteiger partial charge in [-0.3, -0.25) is 4.98 Å². The Hall–Kier alpha value is -1.68. The molecule has 0 saturated heterocycles. The van der Waals surface area contributed by atoms with Gasteiger partial charge in [0.2, 0.25) is 0 Å². The molecule has 1 heterocycles. The molecule has 0 spiro atoms. The van der Waals surface area contributed by atoms with E-state index in [4.69, 9.17) is 4.74 Å². The Morgan fingerprint density at radius 1 is 1.53 bits per heavy atom. The number of nitrogens with zero attached hydrogens (tertiary/aromatic N) is 1. The van der Waals surface area contributed by atoms with Gasteiger partial charge in [-0.05, 0) is 24.1 Å². The van der Waals surface area contributed by atoms with Crippen molar-refractivity contribution in [3.8, 4) is 0 Å². The Morgan fingerprint density at radius 3 is 2.94 bits per heavy atom. The molecule has 0 aromatic carbocycles. The first-order chi connectivity index (χ1) is 8.27. The Morgan fingerprint density at radius 2 is 2.35 bits per heavy atom. The molecule has 1 aromatic heterocycles. The van der Waals surface area contributed by atoms with E-state index < -0.39 is 0 Å². The third-order valence-electron chi connectivity index (χ3n) is 2.27. The molecule has 4 heteroatoms. The summed E-state index contributed by atoms with van der Waals surface area (Å²) in [6.07, 6.45) is 5.87. The molecular formula is C13H17NO3. The molecule has 0 N–H and O–H groups in total. The minimum atomic E-state index is -0.294. The summed E-state index contributed by atoms with van der Waals surface area (Å²) in [4.78, 5) is 15.2. The number of carbonyl (C=O) groups is 1. The largest absolute Gasteiger partial charge is 0.466 e. The SMILES string of the molecule is CC/C(=C/COCc1cccnc1)C(=O)OC. The van der Waals surface area contributed by atoms with E-state index in [0.717, 1.165) is 5.56 Å². The lowest BCUT2D eigenvalue weighted by Gasteiger charge is -2.03. The zero-order chi connectivity index (χ0) is 12.5. The van der Waals surface area contributed by atoms with Crippen molar-refractivity contribution in [1.29, 1.82) is 0 Å². The molecule has 1 rings (SSSR count). The lowest BCUT2D eigenvalue weighted by molar-refractivity contribution is -0.136. The number of hydrogen-bond acceptors (Lipinski definition) is 4. The van der Waals surface area contributed by atoms with Gasteiger partial charge in [0.15, 0.2) is 0 Å². The molecule has 0 radical (unpaired) electrons. The molecule has 0 fully saturated rings. The zero-order valence-corrected chi connectivity index (χ0v) is 10.2. The van der Waals surface area contributed by atoms with E-state index in [1.165, 1.54) is 7.11 Å². The van der Waals surface area contributed by atoms with Crippen LogP contribution in [-0.4, -0.2) is 24.7 Å². The lowest BCUT2D eigenvalue weighted by atomic mass is 10.2. The second-order valence-corrected chi connectivity index (χ2v) is 3.45. The predicted octanol–water partition coefficient (Wildman–Crippen LogP) is 2.11. The van der Waals surface area contributed by atoms with Gasteiger partial charge in [-0.2, -0.15) is 0 Å². The van der Waals surface area contributed by atoms with Gasteiger partial charge in [-0.25, -0.2) is 4.79 Å². The van der Waals surface area contributed by atoms with Gasteiger partial charge in [0.25, 0.3) is 0 Å². The van der Waals surface area contributed by atoms with Crippen molar-refractivity contribution in [3.63, 3.8) is 0 Å². The summed E-state index contributed by atoms with van der Waals surface area (Å²) in [5, 5.41) is 0. The number of pyridine rings is 1. The average molecular weight is 235 g/mol. The molecule has 0 unspecified atom stereocenters. The van der Waals surface area contributed by atoms with E-state index >= 15 is 0 Å². The average Bonchev–Trinajstić information content (AvgIpc) is 2.39. The van der Waals surface area contributed by atoms with Crippen molar-refractivity contribution >= 4 is 5.97 Å². The third kappa shape index (κ3) is 4.78. The van der Waals surface area contributed by atoms with Gasteiger partial charge >= 0.3 is 5.97 Å². The highest BCUT2D eigenvalue weighted by molar-refractivity contribution is 5.88. The number of ether oxygens (including phenoxy) is 2. The smallest absolute Gasteiger partial charge is 0.333 e. The monoisotopic (exact) mass is 235 g/mol. The molecular weight excluding hydrogens is 218 g/mol. The maximum atomic E-state index is 11.3. The minimum Gasteiger partial charge on any atom is -0.466 e. The fraction of sp³-hybridized carbons (Fsp3) is 0.385. The molecule has 0 atom stereocenters. The van der Waals surface area contributed by atoms with Crippen molar-refractivity contribution in [1.82, 2.24) is 4.98 Å². The second-order valence-electron chi connectivity index (χ2n) is 3.45. The first kappa shape index (κ1) is 13.4. The van der Waals surface area contributed by atoms with Crippen LogP contribution in [0.2, 0.25) is 0 Å². The Balaban J connectivity index is 2.36. The molecule has 17 heavy (non-hydrogen) atoms. The fourth-order valence-corrected chi connectivity index (χ4v) is 1.32. The van der Waals surface area contributed by atoms with Crippen LogP contribution in [-0.2, 0) is 20.9 Å². The Labute approximate surface area is 101 Å². The van der Waals surface area contributed by atoms with Crippen LogP contribution < -0.4 is 0 Å². The van der Waals surface area contributed by atoms with Gasteiger partial charge < -0.3 is 9.47 Å². The summed E-state index contributed by atoms with van der Waals surface area (Å²) in [6.45, 7) is 2.79. The van der Waals surface area contributed by atoms with Crippen molar-refractivity contribution in [2.45, 2.75) is 20.0 Å². The first-order valence-corrected chi connectivity index (χ1v) is 5.52. The molecule has 92 valence electrons. The standard InChI is InChI=1S/C13H17NO3/c1-3-12(13(15)16-2)6-8-17-10-11-5-4-7-14-9-11/h4-7,9H,3,8,10H2,1-2H3/b12-6-. The maximum absolute atomic E-state index is 11.3. The van der Waals surface area contributed by atoms with E-state index in [-0.39, 0.29) is 5.97 Å². The molecule has 4 nitrogen and oxygen atoms in total. The highest BCUT2D eigenvalue weighted by Gasteiger charge is 2.05. The van der Waals surface area contributed by atoms with E-state index in [9.17, 15) is 4.79 Å². The Bertz CT molecular complexity index is 374. The topological polar surface area (TPSA) is 48.4 Å². The number of methoxy groups -OCH3 is 1. The number of hydrogen-bond donors (Lipinski definition) is 0. The quantitative estimate of drug-likeness (QED) is 0.430. The zero-order valence-electron chi connectivity index (χ0n) is 10.2. The lowest BCUT2D eigenvalue weighted by Crippen LogP contribution is -2.05. The molecule has 0 saturated carbocycles. The van der Waals surface area contributed by atoms with Gasteiger partial charge in [0.05, 0.1) is 20.3 Å². The van der Waals surface area contributed by atoms with Gasteiger partial charge in [0.1, 0.15) is 0 Å². The highest BCUT2D eigenvalue weighted by atomic mass is 16.5. The second kappa shape index (κ2) is 7.57. The van der Waals surface area contributed by atoms with Gasteiger partial charge in [-0.15, -0.1) is 0 Å². The molecule has 0 aliphatic rings. The van der Waals surface area contributed by atoms with Crippen molar-refractivity contribution in [2.75, 3.05) is 13.7 Å². The van der Waals surface area contributed by atoms with Crippen molar-refractivity contribution in [3.05, 3.63) is 41.7 Å². The predicted molar refractivity (Wildman–Crippen MR) is 64.3 cm³/mol. The van der Waals surface area contributed by atoms with Crippen LogP contribution in [0.5, 0.6) is 0 Å². The first-order valence-electron chi connectivity index (χ1n) is 5.52. The van der Waals surface area contributed by atoms with E-state index in [1.807, 2.05) is 19.1 Å². The molecule has 0 amide bonds. The van der Waals surface area contributed by atoms with E-state index in [2.05, 4.69) is 9.72 Å². The number of esters is 1. The van der Waals surface area contributed by atoms with Crippen LogP contribution in [0.15, 0.2) is 36.2 Å². The van der Waals surface area contributed by atoms with Crippen molar-refractivity contribution < 1.29 is 14.3 Å². The normalized spacial score (nSPS) is 11.3. The Kier molecular flexibility index (Phi) is 5.96. The summed E-state index contributed by atoms with van der Waals surface area (Å²) >= 11 is 0. The van der Waals surface area contributed by atoms with E-state index in [1.54, 1.807) is 18.5 Å². The maximum Gasteiger partial charge on any atom is 0.333 e. The van der Waals surface area contributed by atoms with Crippen LogP contribution in [0.1, 0.15) is 18.9 Å². The summed E-state index contributed by atoms with van der Waals surface area (Å²) in [5.74, 6) is -0.294. The summed E-state index contributed by atoms with van der Waals surface area (Å²) in [7, 11) is 1.38. The van der Waals surface area contributed by atoms with Gasteiger partial charge in [0, 0.05) is 18.0 Å². The fourth-order valence-electron chi connectivity index (χ4n) is 1.32. The molecule has 1 aromatic rings. The van der Waals surface area contributed by atoms with Crippen molar-refractivity contribution in [2.24, 2.45) is 0 Å². The molecule has 0 bridgehead atoms. The van der Waals surface area contributed by atoms with Crippen LogP contribution in [0.3, 0.4) is 0 Å². The minimum absolute atomic E-state index is 0.294. The number of carbonyl (C=O) groups excluding carboxylic acids is 1. The number of rotatable bonds is 6. The van der Waals surface area contributed by atoms with Crippen LogP contribution >= 0.6 is 0 Å². The third-order valence-corrected chi connectivity index (χ3v) is 2.27. The summed E-state index contributed by atoms with van der Waals surface area (Å²) in [5.41, 5.74) is 1.65. The summed E-state index contributed by atoms with van der Waals surface area (Å²) in [6, 6.07) is 3.80. The van der Waals surface area contributed by atoms with Crippen LogP contribution in [0.4, 0.5) is 0 Å². The van der Waals surface area contributed by atoms with Crippen LogP contribution in [0.25, 0.3) is 0 Å². The summed E-state index contributed by atoms with van der Waals surface area (Å²) < 4.78 is 10.1. The highest BCUT2D eigenvalue weighted by Crippen LogP contribution is 2.04. The molecule has 0 aliphatic carbocycles. The number of aromatic nitrogens is 1.